The Bertz CT molecular complexity index is 950. The van der Waals surface area contributed by atoms with Crippen molar-refractivity contribution in [1.82, 2.24) is 9.13 Å². The van der Waals surface area contributed by atoms with Gasteiger partial charge in [0.2, 0.25) is 5.75 Å². The van der Waals surface area contributed by atoms with Crippen LogP contribution in [0.4, 0.5) is 0 Å². The highest BCUT2D eigenvalue weighted by molar-refractivity contribution is 5.95. The van der Waals surface area contributed by atoms with E-state index in [1.807, 2.05) is 19.1 Å². The van der Waals surface area contributed by atoms with E-state index in [1.165, 1.54) is 11.6 Å². The maximum Gasteiger partial charge on any atom is 0.344 e. The SMILES string of the molecule is CC1/C=C\c2ccccc2C(=O)Oc2c1n(C)c(=O)n(C)c2=O. The molecule has 2 aromatic rings. The quantitative estimate of drug-likeness (QED) is 0.690. The smallest absolute Gasteiger partial charge is 0.344 e. The number of aromatic nitrogens is 2. The van der Waals surface area contributed by atoms with Crippen molar-refractivity contribution in [3.8, 4) is 5.75 Å². The van der Waals surface area contributed by atoms with Crippen LogP contribution in [0.15, 0.2) is 39.9 Å². The van der Waals surface area contributed by atoms with Crippen LogP contribution in [0.2, 0.25) is 0 Å². The van der Waals surface area contributed by atoms with Crippen molar-refractivity contribution in [3.05, 3.63) is 68.0 Å². The Morgan fingerprint density at radius 3 is 2.48 bits per heavy atom. The molecule has 2 heterocycles. The van der Waals surface area contributed by atoms with Crippen LogP contribution in [-0.4, -0.2) is 15.1 Å². The first kappa shape index (κ1) is 15.0. The highest BCUT2D eigenvalue weighted by atomic mass is 16.5. The number of carbonyl (C=O) groups is 1. The molecule has 1 aliphatic heterocycles. The van der Waals surface area contributed by atoms with Gasteiger partial charge in [-0.1, -0.05) is 37.3 Å². The minimum Gasteiger partial charge on any atom is -0.415 e. The maximum absolute atomic E-state index is 12.4. The van der Waals surface area contributed by atoms with Crippen molar-refractivity contribution in [2.24, 2.45) is 14.1 Å². The molecule has 0 radical (unpaired) electrons. The zero-order valence-electron chi connectivity index (χ0n) is 13.1. The normalized spacial score (nSPS) is 18.0. The van der Waals surface area contributed by atoms with E-state index in [0.29, 0.717) is 16.8 Å². The van der Waals surface area contributed by atoms with Gasteiger partial charge in [-0.25, -0.2) is 9.59 Å². The molecule has 23 heavy (non-hydrogen) atoms. The van der Waals surface area contributed by atoms with Crippen molar-refractivity contribution >= 4 is 12.0 Å². The molecule has 1 aliphatic rings. The molecule has 6 nitrogen and oxygen atoms in total. The van der Waals surface area contributed by atoms with Gasteiger partial charge in [-0.3, -0.25) is 13.9 Å². The third-order valence-corrected chi connectivity index (χ3v) is 4.04. The van der Waals surface area contributed by atoms with E-state index in [-0.39, 0.29) is 11.7 Å². The Hall–Kier alpha value is -2.89. The highest BCUT2D eigenvalue weighted by Crippen LogP contribution is 2.27. The van der Waals surface area contributed by atoms with Gasteiger partial charge >= 0.3 is 11.7 Å². The Morgan fingerprint density at radius 1 is 1.04 bits per heavy atom. The Balaban J connectivity index is 2.34. The Labute approximate surface area is 132 Å². The first-order valence-corrected chi connectivity index (χ1v) is 7.21. The van der Waals surface area contributed by atoms with Gasteiger partial charge in [-0.2, -0.15) is 0 Å². The fraction of sp³-hybridized carbons (Fsp3) is 0.235. The van der Waals surface area contributed by atoms with Crippen LogP contribution in [0, 0.1) is 0 Å². The second-order valence-electron chi connectivity index (χ2n) is 5.54. The molecule has 0 saturated heterocycles. The summed E-state index contributed by atoms with van der Waals surface area (Å²) in [6.45, 7) is 1.84. The Kier molecular flexibility index (Phi) is 3.52. The summed E-state index contributed by atoms with van der Waals surface area (Å²) in [6, 6.07) is 6.99. The molecule has 0 N–H and O–H groups in total. The van der Waals surface area contributed by atoms with Crippen molar-refractivity contribution in [2.75, 3.05) is 0 Å². The third-order valence-electron chi connectivity index (χ3n) is 4.04. The molecule has 118 valence electrons. The van der Waals surface area contributed by atoms with Gasteiger partial charge in [-0.05, 0) is 11.6 Å². The summed E-state index contributed by atoms with van der Waals surface area (Å²) < 4.78 is 7.67. The predicted octanol–water partition coefficient (Wildman–Crippen LogP) is 1.43. The number of carbonyl (C=O) groups excluding carboxylic acids is 1. The molecule has 1 aromatic heterocycles. The summed E-state index contributed by atoms with van der Waals surface area (Å²) in [7, 11) is 2.92. The molecular weight excluding hydrogens is 296 g/mol. The summed E-state index contributed by atoms with van der Waals surface area (Å²) in [5.41, 5.74) is 0.395. The molecule has 1 atom stereocenters. The summed E-state index contributed by atoms with van der Waals surface area (Å²) in [5, 5.41) is 0. The topological polar surface area (TPSA) is 70.3 Å². The monoisotopic (exact) mass is 312 g/mol. The molecule has 3 rings (SSSR count). The van der Waals surface area contributed by atoms with Crippen molar-refractivity contribution in [3.63, 3.8) is 0 Å². The van der Waals surface area contributed by atoms with Crippen molar-refractivity contribution < 1.29 is 9.53 Å². The number of allylic oxidation sites excluding steroid dienone is 1. The van der Waals surface area contributed by atoms with Gasteiger partial charge in [0, 0.05) is 20.0 Å². The van der Waals surface area contributed by atoms with Crippen LogP contribution < -0.4 is 16.0 Å². The second-order valence-corrected chi connectivity index (χ2v) is 5.54. The fourth-order valence-electron chi connectivity index (χ4n) is 2.75. The van der Waals surface area contributed by atoms with Crippen LogP contribution in [-0.2, 0) is 14.1 Å². The summed E-state index contributed by atoms with van der Waals surface area (Å²) in [5.74, 6) is -0.986. The zero-order valence-corrected chi connectivity index (χ0v) is 13.1. The lowest BCUT2D eigenvalue weighted by atomic mass is 10.0. The third kappa shape index (κ3) is 2.32. The van der Waals surface area contributed by atoms with Gasteiger partial charge in [0.05, 0.1) is 11.3 Å². The highest BCUT2D eigenvalue weighted by Gasteiger charge is 2.25. The van der Waals surface area contributed by atoms with E-state index in [2.05, 4.69) is 0 Å². The van der Waals surface area contributed by atoms with E-state index in [9.17, 15) is 14.4 Å². The molecule has 1 aromatic carbocycles. The largest absolute Gasteiger partial charge is 0.415 e. The lowest BCUT2D eigenvalue weighted by Gasteiger charge is -2.17. The molecule has 0 amide bonds. The molecule has 0 fully saturated rings. The standard InChI is InChI=1S/C17H16N2O4/c1-10-8-9-11-6-4-5-7-12(11)16(21)23-14-13(10)18(2)17(22)19(3)15(14)20/h4-10H,1-3H3/b9-8-. The van der Waals surface area contributed by atoms with Crippen LogP contribution in [0.25, 0.3) is 6.08 Å². The number of hydrogen-bond donors (Lipinski definition) is 0. The first-order chi connectivity index (χ1) is 10.9. The average molecular weight is 312 g/mol. The van der Waals surface area contributed by atoms with Crippen LogP contribution in [0.3, 0.4) is 0 Å². The van der Waals surface area contributed by atoms with E-state index >= 15 is 0 Å². The first-order valence-electron chi connectivity index (χ1n) is 7.21. The van der Waals surface area contributed by atoms with Gasteiger partial charge in [0.15, 0.2) is 0 Å². The lowest BCUT2D eigenvalue weighted by molar-refractivity contribution is 0.0727. The lowest BCUT2D eigenvalue weighted by Crippen LogP contribution is -2.40. The summed E-state index contributed by atoms with van der Waals surface area (Å²) in [4.78, 5) is 37.0. The van der Waals surface area contributed by atoms with E-state index < -0.39 is 17.2 Å². The molecule has 0 saturated carbocycles. The van der Waals surface area contributed by atoms with Crippen LogP contribution in [0.5, 0.6) is 5.75 Å². The number of rotatable bonds is 0. The number of fused-ring (bicyclic) bond motifs is 2. The van der Waals surface area contributed by atoms with E-state index in [0.717, 1.165) is 4.57 Å². The number of benzene rings is 1. The van der Waals surface area contributed by atoms with Crippen molar-refractivity contribution in [2.45, 2.75) is 12.8 Å². The minimum atomic E-state index is -0.615. The minimum absolute atomic E-state index is 0.103. The summed E-state index contributed by atoms with van der Waals surface area (Å²) in [6.07, 6.45) is 3.65. The van der Waals surface area contributed by atoms with Gasteiger partial charge in [0.25, 0.3) is 5.56 Å². The van der Waals surface area contributed by atoms with Crippen LogP contribution >= 0.6 is 0 Å². The second kappa shape index (κ2) is 5.39. The van der Waals surface area contributed by atoms with Gasteiger partial charge in [0.1, 0.15) is 0 Å². The van der Waals surface area contributed by atoms with E-state index in [4.69, 9.17) is 4.74 Å². The number of hydrogen-bond acceptors (Lipinski definition) is 4. The predicted molar refractivity (Wildman–Crippen MR) is 85.8 cm³/mol. The molecule has 1 unspecified atom stereocenters. The Morgan fingerprint density at radius 2 is 1.74 bits per heavy atom. The number of ether oxygens (including phenoxy) is 1. The van der Waals surface area contributed by atoms with Gasteiger partial charge in [-0.15, -0.1) is 0 Å². The molecule has 0 aliphatic carbocycles. The number of nitrogens with zero attached hydrogens (tertiary/aromatic N) is 2. The zero-order chi connectivity index (χ0) is 16.7. The maximum atomic E-state index is 12.4. The van der Waals surface area contributed by atoms with E-state index in [1.54, 1.807) is 31.3 Å². The number of esters is 1. The summed E-state index contributed by atoms with van der Waals surface area (Å²) >= 11 is 0. The molecular formula is C17H16N2O4. The molecule has 0 bridgehead atoms. The van der Waals surface area contributed by atoms with Gasteiger partial charge < -0.3 is 4.74 Å². The fourth-order valence-corrected chi connectivity index (χ4v) is 2.75. The van der Waals surface area contributed by atoms with Crippen LogP contribution in [0.1, 0.15) is 34.5 Å². The average Bonchev–Trinajstić information content (AvgIpc) is 2.60. The molecule has 0 spiro atoms. The molecule has 6 heteroatoms. The van der Waals surface area contributed by atoms with Crippen molar-refractivity contribution in [1.29, 1.82) is 0 Å².